The van der Waals surface area contributed by atoms with E-state index in [0.717, 1.165) is 9.87 Å². The minimum atomic E-state index is -4.88. The first kappa shape index (κ1) is 20.8. The zero-order valence-corrected chi connectivity index (χ0v) is 16.2. The third kappa shape index (κ3) is 3.80. The van der Waals surface area contributed by atoms with Gasteiger partial charge in [0.1, 0.15) is 5.82 Å². The van der Waals surface area contributed by atoms with E-state index in [1.165, 1.54) is 0 Å². The molecule has 0 saturated carbocycles. The lowest BCUT2D eigenvalue weighted by Crippen LogP contribution is -2.42. The van der Waals surface area contributed by atoms with Crippen LogP contribution in [0.1, 0.15) is 33.2 Å². The first-order chi connectivity index (χ1) is 14.1. The fourth-order valence-electron chi connectivity index (χ4n) is 3.52. The molecule has 2 heterocycles. The van der Waals surface area contributed by atoms with Gasteiger partial charge >= 0.3 is 6.18 Å². The van der Waals surface area contributed by atoms with Gasteiger partial charge < -0.3 is 10.1 Å². The highest BCUT2D eigenvalue weighted by molar-refractivity contribution is 7.89. The normalized spacial score (nSPS) is 20.1. The number of amides is 1. The van der Waals surface area contributed by atoms with Crippen LogP contribution >= 0.6 is 0 Å². The van der Waals surface area contributed by atoms with E-state index in [2.05, 4.69) is 5.32 Å². The molecule has 2 aromatic carbocycles. The van der Waals surface area contributed by atoms with E-state index in [4.69, 9.17) is 4.74 Å². The summed E-state index contributed by atoms with van der Waals surface area (Å²) in [5.41, 5.74) is 0.543. The number of ether oxygens (including phenoxy) is 1. The molecule has 1 saturated heterocycles. The SMILES string of the molecule is O=C1NCc2cc(C3CN(S(=O)(=O)c4cc(F)cc(C(F)(F)F)c4)CCO3)ccc21. The molecule has 2 aliphatic rings. The van der Waals surface area contributed by atoms with Gasteiger partial charge in [-0.3, -0.25) is 4.79 Å². The highest BCUT2D eigenvalue weighted by atomic mass is 32.2. The van der Waals surface area contributed by atoms with Crippen LogP contribution in [-0.2, 0) is 27.5 Å². The minimum Gasteiger partial charge on any atom is -0.371 e. The molecule has 1 atom stereocenters. The zero-order chi connectivity index (χ0) is 21.7. The summed E-state index contributed by atoms with van der Waals surface area (Å²) in [5, 5.41) is 2.68. The molecule has 1 unspecified atom stereocenters. The first-order valence-corrected chi connectivity index (χ1v) is 10.4. The smallest absolute Gasteiger partial charge is 0.371 e. The molecule has 4 rings (SSSR count). The number of hydrogen-bond acceptors (Lipinski definition) is 4. The van der Waals surface area contributed by atoms with Crippen molar-refractivity contribution >= 4 is 15.9 Å². The Bertz CT molecular complexity index is 1120. The van der Waals surface area contributed by atoms with Crippen molar-refractivity contribution in [2.75, 3.05) is 19.7 Å². The number of benzene rings is 2. The highest BCUT2D eigenvalue weighted by Gasteiger charge is 2.36. The summed E-state index contributed by atoms with van der Waals surface area (Å²) in [7, 11) is -4.38. The molecule has 0 aliphatic carbocycles. The van der Waals surface area contributed by atoms with Gasteiger partial charge in [0, 0.05) is 25.2 Å². The molecule has 2 aromatic rings. The summed E-state index contributed by atoms with van der Waals surface area (Å²) in [4.78, 5) is 10.9. The number of fused-ring (bicyclic) bond motifs is 1. The van der Waals surface area contributed by atoms with E-state index in [1.807, 2.05) is 0 Å². The van der Waals surface area contributed by atoms with Gasteiger partial charge in [-0.05, 0) is 35.4 Å². The largest absolute Gasteiger partial charge is 0.416 e. The molecular formula is C19H16F4N2O4S. The summed E-state index contributed by atoms with van der Waals surface area (Å²) >= 11 is 0. The maximum atomic E-state index is 13.7. The molecule has 2 aliphatic heterocycles. The molecule has 1 amide bonds. The van der Waals surface area contributed by atoms with Gasteiger partial charge in [-0.15, -0.1) is 0 Å². The quantitative estimate of drug-likeness (QED) is 0.739. The standard InChI is InChI=1S/C19H16F4N2O4S/c20-14-6-13(19(21,22)23)7-15(8-14)30(27,28)25-3-4-29-17(10-25)11-1-2-16-12(5-11)9-24-18(16)26/h1-2,5-8,17H,3-4,9-10H2,(H,24,26). The Morgan fingerprint density at radius 1 is 1.13 bits per heavy atom. The third-order valence-corrected chi connectivity index (χ3v) is 6.89. The molecular weight excluding hydrogens is 428 g/mol. The summed E-state index contributed by atoms with van der Waals surface area (Å²) in [5.74, 6) is -1.49. The van der Waals surface area contributed by atoms with E-state index in [0.29, 0.717) is 29.8 Å². The third-order valence-electron chi connectivity index (χ3n) is 5.05. The first-order valence-electron chi connectivity index (χ1n) is 8.96. The minimum absolute atomic E-state index is 0.0135. The van der Waals surface area contributed by atoms with Crippen LogP contribution in [0.25, 0.3) is 0 Å². The number of rotatable bonds is 3. The van der Waals surface area contributed by atoms with Crippen molar-refractivity contribution in [2.45, 2.75) is 23.7 Å². The second-order valence-corrected chi connectivity index (χ2v) is 8.93. The number of nitrogens with zero attached hydrogens (tertiary/aromatic N) is 1. The Kier molecular flexibility index (Phi) is 5.07. The maximum Gasteiger partial charge on any atom is 0.416 e. The van der Waals surface area contributed by atoms with E-state index >= 15 is 0 Å². The number of hydrogen-bond donors (Lipinski definition) is 1. The number of carbonyl (C=O) groups is 1. The van der Waals surface area contributed by atoms with Crippen LogP contribution in [0.5, 0.6) is 0 Å². The summed E-state index contributed by atoms with van der Waals surface area (Å²) in [6.45, 7) is 0.127. The van der Waals surface area contributed by atoms with Crippen molar-refractivity contribution in [3.63, 3.8) is 0 Å². The summed E-state index contributed by atoms with van der Waals surface area (Å²) < 4.78 is 85.1. The predicted molar refractivity (Wildman–Crippen MR) is 96.5 cm³/mol. The molecule has 30 heavy (non-hydrogen) atoms. The van der Waals surface area contributed by atoms with Crippen LogP contribution in [0.2, 0.25) is 0 Å². The van der Waals surface area contributed by atoms with Crippen LogP contribution in [0.4, 0.5) is 17.6 Å². The maximum absolute atomic E-state index is 13.7. The van der Waals surface area contributed by atoms with E-state index < -0.39 is 38.6 Å². The fourth-order valence-corrected chi connectivity index (χ4v) is 5.00. The van der Waals surface area contributed by atoms with Gasteiger partial charge in [-0.1, -0.05) is 12.1 Å². The Morgan fingerprint density at radius 3 is 2.63 bits per heavy atom. The van der Waals surface area contributed by atoms with Crippen LogP contribution in [-0.4, -0.2) is 38.3 Å². The van der Waals surface area contributed by atoms with E-state index in [1.54, 1.807) is 18.2 Å². The van der Waals surface area contributed by atoms with Crippen LogP contribution in [0.3, 0.4) is 0 Å². The number of alkyl halides is 3. The van der Waals surface area contributed by atoms with Gasteiger partial charge in [-0.25, -0.2) is 12.8 Å². The number of sulfonamides is 1. The van der Waals surface area contributed by atoms with Crippen molar-refractivity contribution in [2.24, 2.45) is 0 Å². The van der Waals surface area contributed by atoms with Gasteiger partial charge in [0.2, 0.25) is 10.0 Å². The Morgan fingerprint density at radius 2 is 1.90 bits per heavy atom. The lowest BCUT2D eigenvalue weighted by atomic mass is 10.0. The van der Waals surface area contributed by atoms with E-state index in [-0.39, 0.29) is 31.7 Å². The van der Waals surface area contributed by atoms with Crippen molar-refractivity contribution in [3.05, 3.63) is 64.5 Å². The lowest BCUT2D eigenvalue weighted by molar-refractivity contribution is -0.137. The monoisotopic (exact) mass is 444 g/mol. The second kappa shape index (κ2) is 7.33. The van der Waals surface area contributed by atoms with Gasteiger partial charge in [0.15, 0.2) is 0 Å². The lowest BCUT2D eigenvalue weighted by Gasteiger charge is -2.32. The molecule has 1 fully saturated rings. The number of carbonyl (C=O) groups excluding carboxylic acids is 1. The van der Waals surface area contributed by atoms with Crippen molar-refractivity contribution < 1.29 is 35.5 Å². The molecule has 1 N–H and O–H groups in total. The van der Waals surface area contributed by atoms with Gasteiger partial charge in [0.25, 0.3) is 5.91 Å². The molecule has 11 heteroatoms. The molecule has 0 radical (unpaired) electrons. The van der Waals surface area contributed by atoms with Crippen LogP contribution in [0.15, 0.2) is 41.3 Å². The van der Waals surface area contributed by atoms with Crippen molar-refractivity contribution in [1.29, 1.82) is 0 Å². The number of halogens is 4. The second-order valence-electron chi connectivity index (χ2n) is 7.00. The average Bonchev–Trinajstić information content (AvgIpc) is 3.07. The van der Waals surface area contributed by atoms with Crippen molar-refractivity contribution in [3.8, 4) is 0 Å². The van der Waals surface area contributed by atoms with Crippen LogP contribution < -0.4 is 5.32 Å². The number of morpholine rings is 1. The highest BCUT2D eigenvalue weighted by Crippen LogP contribution is 2.33. The predicted octanol–water partition coefficient (Wildman–Crippen LogP) is 2.85. The topological polar surface area (TPSA) is 75.7 Å². The van der Waals surface area contributed by atoms with E-state index in [9.17, 15) is 30.8 Å². The Labute approximate surface area is 169 Å². The average molecular weight is 444 g/mol. The zero-order valence-electron chi connectivity index (χ0n) is 15.4. The summed E-state index contributed by atoms with van der Waals surface area (Å²) in [6.07, 6.45) is -5.55. The molecule has 6 nitrogen and oxygen atoms in total. The fraction of sp³-hybridized carbons (Fsp3) is 0.316. The molecule has 0 bridgehead atoms. The van der Waals surface area contributed by atoms with Gasteiger partial charge in [0.05, 0.1) is 23.2 Å². The molecule has 160 valence electrons. The Balaban J connectivity index is 1.62. The van der Waals surface area contributed by atoms with Gasteiger partial charge in [-0.2, -0.15) is 17.5 Å². The summed E-state index contributed by atoms with van der Waals surface area (Å²) in [6, 6.07) is 6.25. The molecule has 0 spiro atoms. The Hall–Kier alpha value is -2.50. The number of nitrogens with one attached hydrogen (secondary N) is 1. The van der Waals surface area contributed by atoms with Crippen LogP contribution in [0, 0.1) is 5.82 Å². The van der Waals surface area contributed by atoms with Crippen molar-refractivity contribution in [1.82, 2.24) is 9.62 Å². The molecule has 0 aromatic heterocycles.